The molecule has 2 atom stereocenters. The minimum atomic E-state index is -1.12. The van der Waals surface area contributed by atoms with Gasteiger partial charge in [-0.3, -0.25) is 4.79 Å². The maximum atomic E-state index is 12.9. The van der Waals surface area contributed by atoms with Gasteiger partial charge in [0, 0.05) is 4.88 Å². The average molecular weight is 476 g/mol. The molecule has 1 aromatic heterocycles. The van der Waals surface area contributed by atoms with Gasteiger partial charge in [0.05, 0.1) is 26.4 Å². The second-order valence-electron chi connectivity index (χ2n) is 7.85. The highest BCUT2D eigenvalue weighted by atomic mass is 32.1. The Bertz CT molecular complexity index is 1020. The third kappa shape index (κ3) is 5.30. The molecule has 0 radical (unpaired) electrons. The van der Waals surface area contributed by atoms with Crippen LogP contribution in [-0.2, 0) is 27.1 Å². The Balaban J connectivity index is 1.80. The van der Waals surface area contributed by atoms with Crippen molar-refractivity contribution in [2.24, 2.45) is 5.92 Å². The summed E-state index contributed by atoms with van der Waals surface area (Å²) in [6, 6.07) is 4.89. The van der Waals surface area contributed by atoms with E-state index in [0.717, 1.165) is 29.7 Å². The Morgan fingerprint density at radius 2 is 1.79 bits per heavy atom. The molecule has 1 N–H and O–H groups in total. The van der Waals surface area contributed by atoms with Crippen molar-refractivity contribution in [1.29, 1.82) is 0 Å². The van der Waals surface area contributed by atoms with Crippen LogP contribution in [0.2, 0.25) is 0 Å². The van der Waals surface area contributed by atoms with Gasteiger partial charge in [-0.1, -0.05) is 13.0 Å². The molecule has 1 aromatic carbocycles. The molecule has 1 aliphatic carbocycles. The van der Waals surface area contributed by atoms with Gasteiger partial charge in [-0.15, -0.1) is 11.3 Å². The first-order valence-corrected chi connectivity index (χ1v) is 11.7. The number of hydrogen-bond donors (Lipinski definition) is 1. The van der Waals surface area contributed by atoms with Crippen molar-refractivity contribution in [3.05, 3.63) is 39.8 Å². The lowest BCUT2D eigenvalue weighted by molar-refractivity contribution is -0.123. The second kappa shape index (κ2) is 10.7. The first-order chi connectivity index (χ1) is 15.8. The molecule has 33 heavy (non-hydrogen) atoms. The Kier molecular flexibility index (Phi) is 7.97. The summed E-state index contributed by atoms with van der Waals surface area (Å²) in [5.41, 5.74) is 1.44. The highest BCUT2D eigenvalue weighted by Gasteiger charge is 2.31. The number of rotatable bonds is 8. The SMILES string of the molecule is CCOC(=O)c1c(NC(=O)[C@H](C)OC(=O)c2c(OC)cccc2OC)sc2c1CC[C@@H](C)C2. The molecule has 3 rings (SSSR count). The van der Waals surface area contributed by atoms with Crippen LogP contribution in [0.5, 0.6) is 11.5 Å². The van der Waals surface area contributed by atoms with E-state index >= 15 is 0 Å². The number of esters is 2. The van der Waals surface area contributed by atoms with Crippen LogP contribution in [0.25, 0.3) is 0 Å². The van der Waals surface area contributed by atoms with Crippen LogP contribution in [0.15, 0.2) is 18.2 Å². The number of hydrogen-bond acceptors (Lipinski definition) is 8. The summed E-state index contributed by atoms with van der Waals surface area (Å²) in [6.45, 7) is 5.61. The number of amides is 1. The van der Waals surface area contributed by atoms with Crippen molar-refractivity contribution in [3.8, 4) is 11.5 Å². The van der Waals surface area contributed by atoms with Crippen LogP contribution in [0.3, 0.4) is 0 Å². The molecule has 9 heteroatoms. The number of thiophene rings is 1. The fourth-order valence-electron chi connectivity index (χ4n) is 3.80. The Hall–Kier alpha value is -3.07. The van der Waals surface area contributed by atoms with Crippen LogP contribution < -0.4 is 14.8 Å². The number of fused-ring (bicyclic) bond motifs is 1. The Morgan fingerprint density at radius 1 is 1.12 bits per heavy atom. The summed E-state index contributed by atoms with van der Waals surface area (Å²) < 4.78 is 21.1. The largest absolute Gasteiger partial charge is 0.496 e. The first-order valence-electron chi connectivity index (χ1n) is 10.8. The number of methoxy groups -OCH3 is 2. The predicted octanol–water partition coefficient (Wildman–Crippen LogP) is 4.25. The van der Waals surface area contributed by atoms with Crippen molar-refractivity contribution in [1.82, 2.24) is 0 Å². The molecule has 1 amide bonds. The van der Waals surface area contributed by atoms with Gasteiger partial charge in [0.15, 0.2) is 6.10 Å². The van der Waals surface area contributed by atoms with Gasteiger partial charge in [-0.05, 0) is 56.7 Å². The number of ether oxygens (including phenoxy) is 4. The highest BCUT2D eigenvalue weighted by Crippen LogP contribution is 2.40. The lowest BCUT2D eigenvalue weighted by Crippen LogP contribution is -2.30. The van der Waals surface area contributed by atoms with Gasteiger partial charge in [-0.2, -0.15) is 0 Å². The van der Waals surface area contributed by atoms with Gasteiger partial charge in [0.25, 0.3) is 5.91 Å². The summed E-state index contributed by atoms with van der Waals surface area (Å²) >= 11 is 1.38. The van der Waals surface area contributed by atoms with Crippen molar-refractivity contribution >= 4 is 34.2 Å². The van der Waals surface area contributed by atoms with E-state index < -0.39 is 23.9 Å². The van der Waals surface area contributed by atoms with Crippen molar-refractivity contribution in [2.75, 3.05) is 26.1 Å². The summed E-state index contributed by atoms with van der Waals surface area (Å²) in [4.78, 5) is 39.4. The van der Waals surface area contributed by atoms with Crippen LogP contribution in [-0.4, -0.2) is 44.8 Å². The van der Waals surface area contributed by atoms with E-state index in [9.17, 15) is 14.4 Å². The molecular formula is C24H29NO7S. The molecular weight excluding hydrogens is 446 g/mol. The summed E-state index contributed by atoms with van der Waals surface area (Å²) in [5.74, 6) is -0.701. The van der Waals surface area contributed by atoms with E-state index in [2.05, 4.69) is 12.2 Å². The summed E-state index contributed by atoms with van der Waals surface area (Å²) in [7, 11) is 2.86. The fourth-order valence-corrected chi connectivity index (χ4v) is 5.20. The zero-order valence-electron chi connectivity index (χ0n) is 19.5. The lowest BCUT2D eigenvalue weighted by atomic mass is 9.88. The normalized spacial score (nSPS) is 15.7. The molecule has 0 saturated carbocycles. The van der Waals surface area contributed by atoms with Gasteiger partial charge >= 0.3 is 11.9 Å². The monoisotopic (exact) mass is 475 g/mol. The van der Waals surface area contributed by atoms with E-state index in [1.165, 1.54) is 32.5 Å². The molecule has 0 fully saturated rings. The standard InChI is InChI=1S/C24H29NO7S/c1-6-31-23(27)19-15-11-10-13(2)12-18(15)33-22(19)25-21(26)14(3)32-24(28)20-16(29-4)8-7-9-17(20)30-5/h7-9,13-14H,6,10-12H2,1-5H3,(H,25,26)/t13-,14+/m1/s1. The minimum absolute atomic E-state index is 0.0925. The molecule has 0 bridgehead atoms. The third-order valence-electron chi connectivity index (χ3n) is 5.51. The zero-order chi connectivity index (χ0) is 24.1. The van der Waals surface area contributed by atoms with Gasteiger partial charge in [0.2, 0.25) is 0 Å². The molecule has 0 spiro atoms. The van der Waals surface area contributed by atoms with Crippen LogP contribution >= 0.6 is 11.3 Å². The van der Waals surface area contributed by atoms with E-state index in [-0.39, 0.29) is 23.7 Å². The maximum Gasteiger partial charge on any atom is 0.346 e. The third-order valence-corrected chi connectivity index (χ3v) is 6.68. The number of carbonyl (C=O) groups is 3. The number of benzene rings is 1. The molecule has 2 aromatic rings. The summed E-state index contributed by atoms with van der Waals surface area (Å²) in [6.07, 6.45) is 1.45. The first kappa shape index (κ1) is 24.6. The molecule has 1 aliphatic rings. The Morgan fingerprint density at radius 3 is 2.39 bits per heavy atom. The number of nitrogens with one attached hydrogen (secondary N) is 1. The predicted molar refractivity (Wildman–Crippen MR) is 125 cm³/mol. The molecule has 178 valence electrons. The zero-order valence-corrected chi connectivity index (χ0v) is 20.3. The van der Waals surface area contributed by atoms with Gasteiger partial charge in [0.1, 0.15) is 22.1 Å². The van der Waals surface area contributed by atoms with Crippen LogP contribution in [0, 0.1) is 5.92 Å². The number of carbonyl (C=O) groups excluding carboxylic acids is 3. The molecule has 0 aliphatic heterocycles. The lowest BCUT2D eigenvalue weighted by Gasteiger charge is -2.18. The van der Waals surface area contributed by atoms with E-state index in [4.69, 9.17) is 18.9 Å². The molecule has 0 saturated heterocycles. The van der Waals surface area contributed by atoms with Crippen molar-refractivity contribution in [3.63, 3.8) is 0 Å². The molecule has 0 unspecified atom stereocenters. The highest BCUT2D eigenvalue weighted by molar-refractivity contribution is 7.17. The summed E-state index contributed by atoms with van der Waals surface area (Å²) in [5, 5.41) is 3.20. The van der Waals surface area contributed by atoms with Crippen molar-refractivity contribution < 1.29 is 33.3 Å². The Labute approximate surface area is 197 Å². The van der Waals surface area contributed by atoms with Gasteiger partial charge < -0.3 is 24.3 Å². The smallest absolute Gasteiger partial charge is 0.346 e. The van der Waals surface area contributed by atoms with Gasteiger partial charge in [-0.25, -0.2) is 9.59 Å². The quantitative estimate of drug-likeness (QED) is 0.570. The molecule has 8 nitrogen and oxygen atoms in total. The molecule has 1 heterocycles. The van der Waals surface area contributed by atoms with Crippen LogP contribution in [0.1, 0.15) is 58.3 Å². The van der Waals surface area contributed by atoms with Crippen molar-refractivity contribution in [2.45, 2.75) is 46.1 Å². The number of anilines is 1. The van der Waals surface area contributed by atoms with E-state index in [1.807, 2.05) is 0 Å². The topological polar surface area (TPSA) is 100 Å². The minimum Gasteiger partial charge on any atom is -0.496 e. The average Bonchev–Trinajstić information content (AvgIpc) is 3.15. The van der Waals surface area contributed by atoms with E-state index in [1.54, 1.807) is 25.1 Å². The van der Waals surface area contributed by atoms with E-state index in [0.29, 0.717) is 16.5 Å². The second-order valence-corrected chi connectivity index (χ2v) is 8.96. The maximum absolute atomic E-state index is 12.9. The van der Waals surface area contributed by atoms with Crippen LogP contribution in [0.4, 0.5) is 5.00 Å². The fraction of sp³-hybridized carbons (Fsp3) is 0.458.